The van der Waals surface area contributed by atoms with Crippen molar-refractivity contribution in [2.45, 2.75) is 20.3 Å². The summed E-state index contributed by atoms with van der Waals surface area (Å²) in [6.45, 7) is 8.09. The van der Waals surface area contributed by atoms with E-state index >= 15 is 0 Å². The van der Waals surface area contributed by atoms with Gasteiger partial charge in [-0.2, -0.15) is 0 Å². The summed E-state index contributed by atoms with van der Waals surface area (Å²) in [5, 5.41) is 0. The summed E-state index contributed by atoms with van der Waals surface area (Å²) in [6.07, 6.45) is 2.88. The number of hydrogen-bond donors (Lipinski definition) is 0. The van der Waals surface area contributed by atoms with Crippen LogP contribution in [-0.4, -0.2) is 0 Å². The van der Waals surface area contributed by atoms with Gasteiger partial charge in [0, 0.05) is 0 Å². The Morgan fingerprint density at radius 1 is 1.00 bits per heavy atom. The van der Waals surface area contributed by atoms with Crippen molar-refractivity contribution < 1.29 is 0 Å². The van der Waals surface area contributed by atoms with Crippen LogP contribution in [0, 0.1) is 13.8 Å². The van der Waals surface area contributed by atoms with Crippen molar-refractivity contribution in [3.8, 4) is 0 Å². The molecule has 2 aromatic carbocycles. The fraction of sp³-hybridized carbons (Fsp3) is 0.176. The lowest BCUT2D eigenvalue weighted by molar-refractivity contribution is 1.14. The molecule has 2 aromatic rings. The minimum absolute atomic E-state index is 1.00. The second-order valence-corrected chi connectivity index (χ2v) is 4.55. The van der Waals surface area contributed by atoms with Crippen molar-refractivity contribution >= 4 is 6.08 Å². The first-order valence-corrected chi connectivity index (χ1v) is 5.96. The Morgan fingerprint density at radius 3 is 2.35 bits per heavy atom. The first-order valence-electron chi connectivity index (χ1n) is 5.96. The summed E-state index contributed by atoms with van der Waals surface area (Å²) in [7, 11) is 0. The Labute approximate surface area is 104 Å². The summed E-state index contributed by atoms with van der Waals surface area (Å²) in [6, 6.07) is 15.2. The smallest absolute Gasteiger partial charge is 0.00230 e. The quantitative estimate of drug-likeness (QED) is 0.715. The van der Waals surface area contributed by atoms with E-state index in [1.165, 1.54) is 27.8 Å². The zero-order chi connectivity index (χ0) is 12.3. The number of benzene rings is 2. The van der Waals surface area contributed by atoms with Gasteiger partial charge in [-0.3, -0.25) is 0 Å². The fourth-order valence-corrected chi connectivity index (χ4v) is 1.98. The molecule has 0 nitrogen and oxygen atoms in total. The van der Waals surface area contributed by atoms with Crippen LogP contribution in [0.4, 0.5) is 0 Å². The summed E-state index contributed by atoms with van der Waals surface area (Å²) < 4.78 is 0. The Morgan fingerprint density at radius 2 is 1.71 bits per heavy atom. The molecule has 17 heavy (non-hydrogen) atoms. The summed E-state index contributed by atoms with van der Waals surface area (Å²) >= 11 is 0. The highest BCUT2D eigenvalue weighted by atomic mass is 14.1. The van der Waals surface area contributed by atoms with Crippen molar-refractivity contribution in [3.05, 3.63) is 76.9 Å². The van der Waals surface area contributed by atoms with E-state index in [9.17, 15) is 0 Å². The SMILES string of the molecule is C=Cc1ccc(Cc2cc(C)ccc2C)cc1. The Bertz CT molecular complexity index is 518. The van der Waals surface area contributed by atoms with Gasteiger partial charge in [0.15, 0.2) is 0 Å². The third-order valence-electron chi connectivity index (χ3n) is 3.11. The van der Waals surface area contributed by atoms with E-state index in [0.29, 0.717) is 0 Å². The zero-order valence-corrected chi connectivity index (χ0v) is 10.5. The molecule has 0 spiro atoms. The molecule has 0 aliphatic heterocycles. The molecule has 0 aliphatic rings. The average molecular weight is 222 g/mol. The predicted molar refractivity (Wildman–Crippen MR) is 75.3 cm³/mol. The molecule has 0 aromatic heterocycles. The van der Waals surface area contributed by atoms with Gasteiger partial charge in [-0.15, -0.1) is 0 Å². The first kappa shape index (κ1) is 11.7. The maximum absolute atomic E-state index is 3.77. The van der Waals surface area contributed by atoms with E-state index in [1.54, 1.807) is 0 Å². The molecule has 0 N–H and O–H groups in total. The van der Waals surface area contributed by atoms with Crippen LogP contribution < -0.4 is 0 Å². The zero-order valence-electron chi connectivity index (χ0n) is 10.5. The van der Waals surface area contributed by atoms with Crippen LogP contribution in [0.1, 0.15) is 27.8 Å². The van der Waals surface area contributed by atoms with Gasteiger partial charge in [-0.25, -0.2) is 0 Å². The molecule has 0 saturated heterocycles. The molecule has 86 valence electrons. The van der Waals surface area contributed by atoms with Gasteiger partial charge in [0.25, 0.3) is 0 Å². The van der Waals surface area contributed by atoms with Gasteiger partial charge in [-0.1, -0.05) is 60.7 Å². The van der Waals surface area contributed by atoms with Gasteiger partial charge in [0.2, 0.25) is 0 Å². The molecule has 0 radical (unpaired) electrons. The minimum Gasteiger partial charge on any atom is -0.0985 e. The summed E-state index contributed by atoms with van der Waals surface area (Å²) in [4.78, 5) is 0. The third-order valence-corrected chi connectivity index (χ3v) is 3.11. The maximum atomic E-state index is 3.77. The van der Waals surface area contributed by atoms with Crippen LogP contribution in [0.25, 0.3) is 6.08 Å². The van der Waals surface area contributed by atoms with Gasteiger partial charge in [0.1, 0.15) is 0 Å². The van der Waals surface area contributed by atoms with E-state index in [1.807, 2.05) is 6.08 Å². The van der Waals surface area contributed by atoms with Crippen molar-refractivity contribution in [1.29, 1.82) is 0 Å². The maximum Gasteiger partial charge on any atom is -0.00230 e. The standard InChI is InChI=1S/C17H18/c1-4-15-7-9-16(10-8-15)12-17-11-13(2)5-6-14(17)3/h4-11H,1,12H2,2-3H3. The van der Waals surface area contributed by atoms with Crippen LogP contribution in [0.2, 0.25) is 0 Å². The summed E-state index contributed by atoms with van der Waals surface area (Å²) in [5.41, 5.74) is 6.63. The first-order chi connectivity index (χ1) is 8.19. The second kappa shape index (κ2) is 5.01. The van der Waals surface area contributed by atoms with Crippen molar-refractivity contribution in [3.63, 3.8) is 0 Å². The van der Waals surface area contributed by atoms with Gasteiger partial charge in [0.05, 0.1) is 0 Å². The minimum atomic E-state index is 1.00. The van der Waals surface area contributed by atoms with E-state index in [2.05, 4.69) is 62.9 Å². The van der Waals surface area contributed by atoms with E-state index in [-0.39, 0.29) is 0 Å². The molecule has 0 heterocycles. The molecule has 0 saturated carbocycles. The van der Waals surface area contributed by atoms with E-state index in [4.69, 9.17) is 0 Å². The predicted octanol–water partition coefficient (Wildman–Crippen LogP) is 4.54. The van der Waals surface area contributed by atoms with Crippen LogP contribution in [0.15, 0.2) is 49.0 Å². The van der Waals surface area contributed by atoms with E-state index < -0.39 is 0 Å². The second-order valence-electron chi connectivity index (χ2n) is 4.55. The molecule has 0 fully saturated rings. The number of aryl methyl sites for hydroxylation is 2. The van der Waals surface area contributed by atoms with Crippen LogP contribution >= 0.6 is 0 Å². The lowest BCUT2D eigenvalue weighted by Gasteiger charge is -2.07. The number of rotatable bonds is 3. The van der Waals surface area contributed by atoms with Crippen molar-refractivity contribution in [1.82, 2.24) is 0 Å². The Kier molecular flexibility index (Phi) is 3.43. The molecule has 0 heteroatoms. The molecular formula is C17H18. The molecular weight excluding hydrogens is 204 g/mol. The lowest BCUT2D eigenvalue weighted by atomic mass is 9.98. The van der Waals surface area contributed by atoms with Crippen molar-refractivity contribution in [2.24, 2.45) is 0 Å². The fourth-order valence-electron chi connectivity index (χ4n) is 1.98. The molecule has 0 unspecified atom stereocenters. The lowest BCUT2D eigenvalue weighted by Crippen LogP contribution is -1.92. The molecule has 0 amide bonds. The third kappa shape index (κ3) is 2.85. The van der Waals surface area contributed by atoms with Gasteiger partial charge < -0.3 is 0 Å². The highest BCUT2D eigenvalue weighted by Gasteiger charge is 2.00. The van der Waals surface area contributed by atoms with Crippen LogP contribution in [0.3, 0.4) is 0 Å². The van der Waals surface area contributed by atoms with Crippen LogP contribution in [-0.2, 0) is 6.42 Å². The van der Waals surface area contributed by atoms with Crippen molar-refractivity contribution in [2.75, 3.05) is 0 Å². The van der Waals surface area contributed by atoms with Gasteiger partial charge in [-0.05, 0) is 42.5 Å². The monoisotopic (exact) mass is 222 g/mol. The molecule has 2 rings (SSSR count). The largest absolute Gasteiger partial charge is 0.0985 e. The average Bonchev–Trinajstić information content (AvgIpc) is 2.35. The summed E-state index contributed by atoms with van der Waals surface area (Å²) in [5.74, 6) is 0. The molecule has 0 aliphatic carbocycles. The number of hydrogen-bond acceptors (Lipinski definition) is 0. The topological polar surface area (TPSA) is 0 Å². The molecule has 0 atom stereocenters. The Hall–Kier alpha value is -1.82. The highest BCUT2D eigenvalue weighted by Crippen LogP contribution is 2.16. The Balaban J connectivity index is 2.24. The van der Waals surface area contributed by atoms with E-state index in [0.717, 1.165) is 6.42 Å². The normalized spacial score (nSPS) is 10.2. The van der Waals surface area contributed by atoms with Crippen LogP contribution in [0.5, 0.6) is 0 Å². The highest BCUT2D eigenvalue weighted by molar-refractivity contribution is 5.47. The molecule has 0 bridgehead atoms. The van der Waals surface area contributed by atoms with Gasteiger partial charge >= 0.3 is 0 Å².